The molecule has 0 saturated heterocycles. The number of carbonyl (C=O) groups excluding carboxylic acids is 1. The minimum Gasteiger partial charge on any atom is -0.352 e. The number of hydrogen-bond acceptors (Lipinski definition) is 1. The van der Waals surface area contributed by atoms with E-state index in [0.717, 1.165) is 0 Å². The van der Waals surface area contributed by atoms with Gasteiger partial charge in [0.2, 0.25) is 0 Å². The third-order valence-corrected chi connectivity index (χ3v) is 1.37. The standard InChI is InChI=1S/C9H11NO.H2/c1-2-10-9(11)8-6-4-3-5-7-8;/h3-7H,2H2,1H3,(H,10,11);1H. The molecule has 0 atom stereocenters. The molecule has 0 aliphatic rings. The summed E-state index contributed by atoms with van der Waals surface area (Å²) in [5, 5.41) is 2.72. The lowest BCUT2D eigenvalue weighted by molar-refractivity contribution is 0.0956. The highest BCUT2D eigenvalue weighted by molar-refractivity contribution is 5.93. The molecule has 1 N–H and O–H groups in total. The maximum absolute atomic E-state index is 11.1. The summed E-state index contributed by atoms with van der Waals surface area (Å²) >= 11 is 0. The number of carbonyl (C=O) groups is 1. The zero-order valence-electron chi connectivity index (χ0n) is 6.50. The van der Waals surface area contributed by atoms with Gasteiger partial charge in [-0.3, -0.25) is 4.79 Å². The molecule has 1 amide bonds. The summed E-state index contributed by atoms with van der Waals surface area (Å²) in [5.41, 5.74) is 0.717. The highest BCUT2D eigenvalue weighted by Gasteiger charge is 1.99. The van der Waals surface area contributed by atoms with Crippen LogP contribution in [-0.2, 0) is 0 Å². The van der Waals surface area contributed by atoms with Crippen molar-refractivity contribution in [2.24, 2.45) is 0 Å². The number of rotatable bonds is 2. The fourth-order valence-electron chi connectivity index (χ4n) is 0.852. The van der Waals surface area contributed by atoms with Gasteiger partial charge in [-0.1, -0.05) is 18.2 Å². The summed E-state index contributed by atoms with van der Waals surface area (Å²) in [4.78, 5) is 11.1. The monoisotopic (exact) mass is 151 g/mol. The minimum atomic E-state index is -0.00639. The van der Waals surface area contributed by atoms with Crippen LogP contribution in [0.4, 0.5) is 0 Å². The summed E-state index contributed by atoms with van der Waals surface area (Å²) in [7, 11) is 0. The van der Waals surface area contributed by atoms with Crippen LogP contribution >= 0.6 is 0 Å². The van der Waals surface area contributed by atoms with E-state index in [0.29, 0.717) is 12.1 Å². The Kier molecular flexibility index (Phi) is 2.66. The number of benzene rings is 1. The third kappa shape index (κ3) is 2.08. The smallest absolute Gasteiger partial charge is 0.251 e. The van der Waals surface area contributed by atoms with Crippen molar-refractivity contribution < 1.29 is 6.22 Å². The maximum Gasteiger partial charge on any atom is 0.251 e. The van der Waals surface area contributed by atoms with Crippen molar-refractivity contribution >= 4 is 5.91 Å². The van der Waals surface area contributed by atoms with E-state index in [9.17, 15) is 4.79 Å². The van der Waals surface area contributed by atoms with Gasteiger partial charge in [0.25, 0.3) is 5.91 Å². The first-order valence-corrected chi connectivity index (χ1v) is 3.68. The lowest BCUT2D eigenvalue weighted by Gasteiger charge is -1.99. The first-order valence-electron chi connectivity index (χ1n) is 3.68. The molecule has 0 fully saturated rings. The van der Waals surface area contributed by atoms with Crippen molar-refractivity contribution in [3.05, 3.63) is 35.9 Å². The van der Waals surface area contributed by atoms with E-state index in [-0.39, 0.29) is 7.33 Å². The first-order chi connectivity index (χ1) is 5.34. The predicted molar refractivity (Wildman–Crippen MR) is 46.6 cm³/mol. The second-order valence-corrected chi connectivity index (χ2v) is 2.23. The van der Waals surface area contributed by atoms with Crippen molar-refractivity contribution in [3.8, 4) is 0 Å². The van der Waals surface area contributed by atoms with E-state index in [2.05, 4.69) is 5.32 Å². The van der Waals surface area contributed by atoms with Gasteiger partial charge in [-0.05, 0) is 19.1 Å². The zero-order valence-corrected chi connectivity index (χ0v) is 6.50. The van der Waals surface area contributed by atoms with E-state index in [1.807, 2.05) is 25.1 Å². The Morgan fingerprint density at radius 1 is 1.45 bits per heavy atom. The fraction of sp³-hybridized carbons (Fsp3) is 0.222. The molecule has 60 valence electrons. The van der Waals surface area contributed by atoms with Crippen LogP contribution in [0, 0.1) is 0 Å². The van der Waals surface area contributed by atoms with Crippen LogP contribution in [0.2, 0.25) is 0 Å². The quantitative estimate of drug-likeness (QED) is 0.684. The largest absolute Gasteiger partial charge is 0.352 e. The van der Waals surface area contributed by atoms with E-state index < -0.39 is 0 Å². The Hall–Kier alpha value is -1.31. The Balaban J connectivity index is 0.00000121. The molecule has 0 spiro atoms. The van der Waals surface area contributed by atoms with Crippen molar-refractivity contribution in [1.29, 1.82) is 0 Å². The van der Waals surface area contributed by atoms with E-state index in [4.69, 9.17) is 0 Å². The molecular formula is C9H13NO. The van der Waals surface area contributed by atoms with Gasteiger partial charge < -0.3 is 5.32 Å². The lowest BCUT2D eigenvalue weighted by Crippen LogP contribution is -2.22. The average molecular weight is 151 g/mol. The number of amides is 1. The number of hydrogen-bond donors (Lipinski definition) is 1. The van der Waals surface area contributed by atoms with Crippen molar-refractivity contribution in [2.75, 3.05) is 6.54 Å². The Morgan fingerprint density at radius 3 is 2.64 bits per heavy atom. The summed E-state index contributed by atoms with van der Waals surface area (Å²) in [6.45, 7) is 2.58. The topological polar surface area (TPSA) is 29.1 Å². The van der Waals surface area contributed by atoms with Gasteiger partial charge in [-0.25, -0.2) is 0 Å². The Bertz CT molecular complexity index is 236. The second kappa shape index (κ2) is 3.76. The molecule has 0 aliphatic carbocycles. The molecule has 1 rings (SSSR count). The maximum atomic E-state index is 11.1. The predicted octanol–water partition coefficient (Wildman–Crippen LogP) is 1.68. The van der Waals surface area contributed by atoms with Crippen molar-refractivity contribution in [3.63, 3.8) is 0 Å². The van der Waals surface area contributed by atoms with Crippen molar-refractivity contribution in [2.45, 2.75) is 6.92 Å². The molecule has 0 aliphatic heterocycles. The van der Waals surface area contributed by atoms with E-state index in [1.54, 1.807) is 12.1 Å². The number of nitrogens with one attached hydrogen (secondary N) is 1. The van der Waals surface area contributed by atoms with Gasteiger partial charge in [0.1, 0.15) is 0 Å². The van der Waals surface area contributed by atoms with Gasteiger partial charge in [0, 0.05) is 13.5 Å². The Morgan fingerprint density at radius 2 is 2.09 bits per heavy atom. The van der Waals surface area contributed by atoms with E-state index >= 15 is 0 Å². The molecule has 0 aromatic heterocycles. The molecular weight excluding hydrogens is 138 g/mol. The average Bonchev–Trinajstić information content (AvgIpc) is 2.07. The van der Waals surface area contributed by atoms with Crippen LogP contribution in [0.25, 0.3) is 0 Å². The molecule has 0 saturated carbocycles. The summed E-state index contributed by atoms with van der Waals surface area (Å²) in [6.07, 6.45) is 0. The van der Waals surface area contributed by atoms with Crippen molar-refractivity contribution in [1.82, 2.24) is 5.32 Å². The molecule has 0 heterocycles. The molecule has 1 aromatic carbocycles. The third-order valence-electron chi connectivity index (χ3n) is 1.37. The van der Waals surface area contributed by atoms with Gasteiger partial charge in [-0.2, -0.15) is 0 Å². The molecule has 0 bridgehead atoms. The fourth-order valence-corrected chi connectivity index (χ4v) is 0.852. The minimum absolute atomic E-state index is 0. The molecule has 0 unspecified atom stereocenters. The molecule has 11 heavy (non-hydrogen) atoms. The molecule has 2 nitrogen and oxygen atoms in total. The lowest BCUT2D eigenvalue weighted by atomic mass is 10.2. The van der Waals surface area contributed by atoms with Crippen LogP contribution < -0.4 is 5.32 Å². The summed E-state index contributed by atoms with van der Waals surface area (Å²) in [6, 6.07) is 9.19. The van der Waals surface area contributed by atoms with Gasteiger partial charge in [-0.15, -0.1) is 0 Å². The summed E-state index contributed by atoms with van der Waals surface area (Å²) < 4.78 is 0. The first kappa shape index (κ1) is 7.79. The van der Waals surface area contributed by atoms with E-state index in [1.165, 1.54) is 0 Å². The zero-order chi connectivity index (χ0) is 8.10. The van der Waals surface area contributed by atoms with Crippen LogP contribution in [0.1, 0.15) is 18.7 Å². The van der Waals surface area contributed by atoms with Crippen LogP contribution in [0.3, 0.4) is 0 Å². The second-order valence-electron chi connectivity index (χ2n) is 2.23. The molecule has 2 heteroatoms. The highest BCUT2D eigenvalue weighted by Crippen LogP contribution is 1.96. The Labute approximate surface area is 67.7 Å². The normalized spacial score (nSPS) is 9.18. The van der Waals surface area contributed by atoms with Gasteiger partial charge in [0.05, 0.1) is 0 Å². The van der Waals surface area contributed by atoms with Gasteiger partial charge >= 0.3 is 0 Å². The van der Waals surface area contributed by atoms with Crippen LogP contribution in [-0.4, -0.2) is 12.5 Å². The van der Waals surface area contributed by atoms with Crippen LogP contribution in [0.5, 0.6) is 0 Å². The summed E-state index contributed by atoms with van der Waals surface area (Å²) in [5.74, 6) is -0.00639. The van der Waals surface area contributed by atoms with Gasteiger partial charge in [0.15, 0.2) is 0 Å². The SMILES string of the molecule is CCNC(=O)c1ccccc1.[HH]. The molecule has 0 radical (unpaired) electrons. The highest BCUT2D eigenvalue weighted by atomic mass is 16.1. The van der Waals surface area contributed by atoms with Crippen LogP contribution in [0.15, 0.2) is 30.3 Å². The molecule has 1 aromatic rings.